The monoisotopic (exact) mass is 402 g/mol. The van der Waals surface area contributed by atoms with Gasteiger partial charge in [0.05, 0.1) is 6.04 Å². The van der Waals surface area contributed by atoms with Gasteiger partial charge in [-0.25, -0.2) is 8.78 Å². The zero-order valence-electron chi connectivity index (χ0n) is 16.0. The number of hydrogen-bond acceptors (Lipinski definition) is 3. The van der Waals surface area contributed by atoms with Gasteiger partial charge in [0.15, 0.2) is 11.6 Å². The van der Waals surface area contributed by atoms with E-state index < -0.39 is 17.7 Å². The summed E-state index contributed by atoms with van der Waals surface area (Å²) < 4.78 is 26.7. The molecule has 2 N–H and O–H groups in total. The van der Waals surface area contributed by atoms with Crippen molar-refractivity contribution in [2.45, 2.75) is 26.3 Å². The average molecular weight is 403 g/mol. The molecule has 3 rings (SSSR count). The standard InChI is InChI=1S/C22H24F2N2OS/c1-14-3-5-18(11-15(14)2)26(22(27)21(25)17-8-10-28-13-17)9-7-16-4-6-19(23)20(24)12-16/h3-6,8,10-12,17,21H,7,9,13,25H2,1-2H3. The zero-order valence-corrected chi connectivity index (χ0v) is 16.8. The molecular formula is C22H24F2N2OS. The van der Waals surface area contributed by atoms with Gasteiger partial charge in [-0.15, -0.1) is 11.8 Å². The first-order chi connectivity index (χ1) is 13.4. The van der Waals surface area contributed by atoms with E-state index in [2.05, 4.69) is 0 Å². The molecule has 0 bridgehead atoms. The van der Waals surface area contributed by atoms with Gasteiger partial charge in [-0.1, -0.05) is 18.2 Å². The maximum Gasteiger partial charge on any atom is 0.244 e. The van der Waals surface area contributed by atoms with Gasteiger partial charge in [0, 0.05) is 23.9 Å². The predicted molar refractivity (Wildman–Crippen MR) is 111 cm³/mol. The van der Waals surface area contributed by atoms with Gasteiger partial charge < -0.3 is 10.6 Å². The van der Waals surface area contributed by atoms with Crippen LogP contribution in [0.4, 0.5) is 14.5 Å². The van der Waals surface area contributed by atoms with Crippen LogP contribution in [-0.2, 0) is 11.2 Å². The van der Waals surface area contributed by atoms with Gasteiger partial charge in [0.2, 0.25) is 5.91 Å². The molecule has 28 heavy (non-hydrogen) atoms. The summed E-state index contributed by atoms with van der Waals surface area (Å²) in [6, 6.07) is 9.02. The zero-order chi connectivity index (χ0) is 20.3. The van der Waals surface area contributed by atoms with Crippen LogP contribution in [0.25, 0.3) is 0 Å². The maximum atomic E-state index is 13.5. The highest BCUT2D eigenvalue weighted by atomic mass is 32.2. The number of anilines is 1. The smallest absolute Gasteiger partial charge is 0.244 e. The maximum absolute atomic E-state index is 13.5. The van der Waals surface area contributed by atoms with Gasteiger partial charge in [0.1, 0.15) is 0 Å². The van der Waals surface area contributed by atoms with Crippen molar-refractivity contribution in [1.29, 1.82) is 0 Å². The number of halogens is 2. The molecule has 1 aliphatic heterocycles. The lowest BCUT2D eigenvalue weighted by molar-refractivity contribution is -0.120. The highest BCUT2D eigenvalue weighted by molar-refractivity contribution is 8.02. The second-order valence-corrected chi connectivity index (χ2v) is 8.05. The Morgan fingerprint density at radius 1 is 1.18 bits per heavy atom. The fourth-order valence-corrected chi connectivity index (χ4v) is 4.13. The molecule has 0 aromatic heterocycles. The summed E-state index contributed by atoms with van der Waals surface area (Å²) in [5, 5.41) is 1.97. The lowest BCUT2D eigenvalue weighted by atomic mass is 10.0. The van der Waals surface area contributed by atoms with E-state index >= 15 is 0 Å². The van der Waals surface area contributed by atoms with Crippen molar-refractivity contribution < 1.29 is 13.6 Å². The minimum atomic E-state index is -0.883. The number of aryl methyl sites for hydroxylation is 2. The lowest BCUT2D eigenvalue weighted by Crippen LogP contribution is -2.48. The third-order valence-corrected chi connectivity index (χ3v) is 6.06. The normalized spacial score (nSPS) is 17.0. The quantitative estimate of drug-likeness (QED) is 0.781. The molecule has 0 spiro atoms. The minimum absolute atomic E-state index is 0.00480. The van der Waals surface area contributed by atoms with E-state index in [0.29, 0.717) is 18.5 Å². The Kier molecular flexibility index (Phi) is 6.52. The lowest BCUT2D eigenvalue weighted by Gasteiger charge is -2.28. The molecule has 1 aliphatic rings. The van der Waals surface area contributed by atoms with Gasteiger partial charge in [-0.2, -0.15) is 0 Å². The van der Waals surface area contributed by atoms with Gasteiger partial charge in [0.25, 0.3) is 0 Å². The summed E-state index contributed by atoms with van der Waals surface area (Å²) in [6.07, 6.45) is 2.37. The fraction of sp³-hybridized carbons (Fsp3) is 0.318. The molecule has 0 saturated heterocycles. The first-order valence-corrected chi connectivity index (χ1v) is 10.3. The highest BCUT2D eigenvalue weighted by Crippen LogP contribution is 2.26. The Hall–Kier alpha value is -2.18. The third kappa shape index (κ3) is 4.62. The Morgan fingerprint density at radius 3 is 2.61 bits per heavy atom. The summed E-state index contributed by atoms with van der Waals surface area (Å²) in [4.78, 5) is 14.9. The molecular weight excluding hydrogens is 378 g/mol. The van der Waals surface area contributed by atoms with Crippen molar-refractivity contribution in [3.8, 4) is 0 Å². The molecule has 1 heterocycles. The Balaban J connectivity index is 1.84. The molecule has 0 fully saturated rings. The fourth-order valence-electron chi connectivity index (χ4n) is 3.16. The number of amides is 1. The molecule has 0 aliphatic carbocycles. The number of hydrogen-bond donors (Lipinski definition) is 1. The Bertz CT molecular complexity index is 900. The molecule has 148 valence electrons. The van der Waals surface area contributed by atoms with Crippen LogP contribution in [0.15, 0.2) is 47.9 Å². The SMILES string of the molecule is Cc1ccc(N(CCc2ccc(F)c(F)c2)C(=O)C(N)C2C=CSC2)cc1C. The first-order valence-electron chi connectivity index (χ1n) is 9.23. The molecule has 1 amide bonds. The summed E-state index contributed by atoms with van der Waals surface area (Å²) in [6.45, 7) is 4.34. The summed E-state index contributed by atoms with van der Waals surface area (Å²) >= 11 is 1.64. The van der Waals surface area contributed by atoms with Crippen LogP contribution in [-0.4, -0.2) is 24.2 Å². The summed E-state index contributed by atoms with van der Waals surface area (Å²) in [5.41, 5.74) is 9.88. The number of nitrogens with two attached hydrogens (primary N) is 1. The topological polar surface area (TPSA) is 46.3 Å². The van der Waals surface area contributed by atoms with Gasteiger partial charge >= 0.3 is 0 Å². The molecule has 2 aromatic rings. The highest BCUT2D eigenvalue weighted by Gasteiger charge is 2.29. The van der Waals surface area contributed by atoms with Crippen molar-refractivity contribution in [2.24, 2.45) is 11.7 Å². The largest absolute Gasteiger partial charge is 0.319 e. The number of nitrogens with zero attached hydrogens (tertiary/aromatic N) is 1. The first kappa shape index (κ1) is 20.6. The Labute approximate surface area is 168 Å². The van der Waals surface area contributed by atoms with E-state index in [0.717, 1.165) is 28.6 Å². The van der Waals surface area contributed by atoms with Crippen LogP contribution in [0.2, 0.25) is 0 Å². The van der Waals surface area contributed by atoms with Crippen molar-refractivity contribution in [3.63, 3.8) is 0 Å². The van der Waals surface area contributed by atoms with Gasteiger partial charge in [-0.05, 0) is 66.6 Å². The van der Waals surface area contributed by atoms with E-state index in [4.69, 9.17) is 5.73 Å². The Morgan fingerprint density at radius 2 is 1.96 bits per heavy atom. The molecule has 0 saturated carbocycles. The second-order valence-electron chi connectivity index (χ2n) is 7.11. The van der Waals surface area contributed by atoms with Crippen LogP contribution in [0.1, 0.15) is 16.7 Å². The number of rotatable bonds is 6. The van der Waals surface area contributed by atoms with Crippen molar-refractivity contribution >= 4 is 23.4 Å². The number of benzene rings is 2. The molecule has 0 radical (unpaired) electrons. The second kappa shape index (κ2) is 8.88. The molecule has 3 nitrogen and oxygen atoms in total. The summed E-state index contributed by atoms with van der Waals surface area (Å²) in [5.74, 6) is -1.14. The van der Waals surface area contributed by atoms with Crippen LogP contribution < -0.4 is 10.6 Å². The third-order valence-electron chi connectivity index (χ3n) is 5.13. The van der Waals surface area contributed by atoms with Crippen molar-refractivity contribution in [2.75, 3.05) is 17.2 Å². The van der Waals surface area contributed by atoms with Crippen molar-refractivity contribution in [3.05, 3.63) is 76.2 Å². The predicted octanol–water partition coefficient (Wildman–Crippen LogP) is 4.36. The molecule has 2 atom stereocenters. The van der Waals surface area contributed by atoms with Crippen molar-refractivity contribution in [1.82, 2.24) is 0 Å². The number of carbonyl (C=O) groups is 1. The van der Waals surface area contributed by atoms with E-state index in [1.807, 2.05) is 43.5 Å². The van der Waals surface area contributed by atoms with Gasteiger partial charge in [-0.3, -0.25) is 4.79 Å². The number of carbonyl (C=O) groups excluding carboxylic acids is 1. The van der Waals surface area contributed by atoms with E-state index in [9.17, 15) is 13.6 Å². The van der Waals surface area contributed by atoms with Crippen LogP contribution in [0.3, 0.4) is 0 Å². The van der Waals surface area contributed by atoms with Crippen LogP contribution in [0.5, 0.6) is 0 Å². The molecule has 2 aromatic carbocycles. The molecule has 6 heteroatoms. The average Bonchev–Trinajstić information content (AvgIpc) is 3.21. The van der Waals surface area contributed by atoms with E-state index in [1.54, 1.807) is 16.7 Å². The summed E-state index contributed by atoms with van der Waals surface area (Å²) in [7, 11) is 0. The van der Waals surface area contributed by atoms with Crippen LogP contribution in [0, 0.1) is 31.4 Å². The van der Waals surface area contributed by atoms with E-state index in [1.165, 1.54) is 12.1 Å². The minimum Gasteiger partial charge on any atom is -0.319 e. The molecule has 2 unspecified atom stereocenters. The number of thioether (sulfide) groups is 1. The van der Waals surface area contributed by atoms with Crippen LogP contribution >= 0.6 is 11.8 Å². The van der Waals surface area contributed by atoms with E-state index in [-0.39, 0.29) is 11.8 Å².